The number of carbonyl (C=O) groups excluding carboxylic acids is 1. The van der Waals surface area contributed by atoms with Crippen LogP contribution in [0.3, 0.4) is 0 Å². The minimum absolute atomic E-state index is 0.0633. The molecule has 0 bridgehead atoms. The molecule has 1 heterocycles. The minimum Gasteiger partial charge on any atom is -0.481 e. The SMILES string of the molecule is Nc1ccc2c(c1)OCC(=O)N2Cc1cc(F)cc(F)c1. The van der Waals surface area contributed by atoms with Crippen molar-refractivity contribution in [1.29, 1.82) is 0 Å². The zero-order chi connectivity index (χ0) is 15.0. The molecule has 0 aromatic heterocycles. The van der Waals surface area contributed by atoms with Crippen LogP contribution in [0.1, 0.15) is 5.56 Å². The number of carbonyl (C=O) groups is 1. The molecule has 0 aliphatic carbocycles. The van der Waals surface area contributed by atoms with Crippen molar-refractivity contribution in [3.8, 4) is 5.75 Å². The Hall–Kier alpha value is -2.63. The summed E-state index contributed by atoms with van der Waals surface area (Å²) in [4.78, 5) is 13.4. The molecule has 0 fully saturated rings. The summed E-state index contributed by atoms with van der Waals surface area (Å²) in [6, 6.07) is 8.09. The molecular weight excluding hydrogens is 278 g/mol. The molecule has 108 valence electrons. The van der Waals surface area contributed by atoms with Gasteiger partial charge in [0.05, 0.1) is 12.2 Å². The van der Waals surface area contributed by atoms with Gasteiger partial charge in [-0.1, -0.05) is 0 Å². The van der Waals surface area contributed by atoms with Gasteiger partial charge in [-0.05, 0) is 29.8 Å². The number of hydrogen-bond donors (Lipinski definition) is 1. The zero-order valence-electron chi connectivity index (χ0n) is 11.0. The lowest BCUT2D eigenvalue weighted by Gasteiger charge is -2.29. The average molecular weight is 290 g/mol. The van der Waals surface area contributed by atoms with Crippen LogP contribution in [0.2, 0.25) is 0 Å². The molecule has 0 saturated heterocycles. The van der Waals surface area contributed by atoms with Gasteiger partial charge in [0.2, 0.25) is 0 Å². The van der Waals surface area contributed by atoms with Crippen LogP contribution >= 0.6 is 0 Å². The molecule has 0 spiro atoms. The molecule has 0 unspecified atom stereocenters. The summed E-state index contributed by atoms with van der Waals surface area (Å²) in [5.41, 5.74) is 7.08. The summed E-state index contributed by atoms with van der Waals surface area (Å²) < 4.78 is 31.8. The molecule has 0 atom stereocenters. The van der Waals surface area contributed by atoms with E-state index in [9.17, 15) is 13.6 Å². The quantitative estimate of drug-likeness (QED) is 0.864. The molecule has 1 aliphatic heterocycles. The molecule has 0 radical (unpaired) electrons. The van der Waals surface area contributed by atoms with Crippen LogP contribution in [0.15, 0.2) is 36.4 Å². The first kappa shape index (κ1) is 13.4. The largest absolute Gasteiger partial charge is 0.481 e. The standard InChI is InChI=1S/C15H12F2N2O2/c16-10-3-9(4-11(17)5-10)7-19-13-2-1-12(18)6-14(13)21-8-15(19)20/h1-6H,7-8,18H2. The third-order valence-electron chi connectivity index (χ3n) is 3.19. The summed E-state index contributed by atoms with van der Waals surface area (Å²) in [5, 5.41) is 0. The Morgan fingerprint density at radius 3 is 2.57 bits per heavy atom. The van der Waals surface area contributed by atoms with Crippen LogP contribution in [0.25, 0.3) is 0 Å². The summed E-state index contributed by atoms with van der Waals surface area (Å²) in [6.45, 7) is -0.0674. The van der Waals surface area contributed by atoms with E-state index in [1.54, 1.807) is 18.2 Å². The van der Waals surface area contributed by atoms with Gasteiger partial charge in [-0.2, -0.15) is 0 Å². The molecular formula is C15H12F2N2O2. The first-order valence-electron chi connectivity index (χ1n) is 6.30. The number of nitrogens with zero attached hydrogens (tertiary/aromatic N) is 1. The predicted molar refractivity (Wildman–Crippen MR) is 73.9 cm³/mol. The van der Waals surface area contributed by atoms with E-state index in [1.165, 1.54) is 17.0 Å². The lowest BCUT2D eigenvalue weighted by Crippen LogP contribution is -2.38. The number of ether oxygens (including phenoxy) is 1. The summed E-state index contributed by atoms with van der Waals surface area (Å²) in [6.07, 6.45) is 0. The van der Waals surface area contributed by atoms with Gasteiger partial charge in [0.1, 0.15) is 17.4 Å². The van der Waals surface area contributed by atoms with E-state index >= 15 is 0 Å². The third kappa shape index (κ3) is 2.65. The number of halogens is 2. The second-order valence-corrected chi connectivity index (χ2v) is 4.77. The average Bonchev–Trinajstić information content (AvgIpc) is 2.41. The second kappa shape index (κ2) is 5.05. The van der Waals surface area contributed by atoms with E-state index in [2.05, 4.69) is 0 Å². The van der Waals surface area contributed by atoms with Gasteiger partial charge in [-0.15, -0.1) is 0 Å². The van der Waals surface area contributed by atoms with Crippen LogP contribution < -0.4 is 15.4 Å². The van der Waals surface area contributed by atoms with Crippen LogP contribution in [0.4, 0.5) is 20.2 Å². The number of hydrogen-bond acceptors (Lipinski definition) is 3. The van der Waals surface area contributed by atoms with Gasteiger partial charge in [0, 0.05) is 17.8 Å². The van der Waals surface area contributed by atoms with Crippen LogP contribution in [-0.4, -0.2) is 12.5 Å². The molecule has 3 rings (SSSR count). The van der Waals surface area contributed by atoms with Crippen molar-refractivity contribution in [1.82, 2.24) is 0 Å². The van der Waals surface area contributed by atoms with Crippen molar-refractivity contribution < 1.29 is 18.3 Å². The van der Waals surface area contributed by atoms with Crippen molar-refractivity contribution in [2.24, 2.45) is 0 Å². The smallest absolute Gasteiger partial charge is 0.265 e. The van der Waals surface area contributed by atoms with E-state index < -0.39 is 11.6 Å². The monoisotopic (exact) mass is 290 g/mol. The number of anilines is 2. The van der Waals surface area contributed by atoms with E-state index in [0.29, 0.717) is 22.7 Å². The van der Waals surface area contributed by atoms with Gasteiger partial charge in [-0.3, -0.25) is 4.79 Å². The van der Waals surface area contributed by atoms with Gasteiger partial charge in [0.15, 0.2) is 6.61 Å². The van der Waals surface area contributed by atoms with Crippen molar-refractivity contribution >= 4 is 17.3 Å². The Morgan fingerprint density at radius 2 is 1.86 bits per heavy atom. The topological polar surface area (TPSA) is 55.6 Å². The first-order chi connectivity index (χ1) is 10.0. The first-order valence-corrected chi connectivity index (χ1v) is 6.30. The fraction of sp³-hybridized carbons (Fsp3) is 0.133. The van der Waals surface area contributed by atoms with E-state index in [-0.39, 0.29) is 19.1 Å². The number of nitrogens with two attached hydrogens (primary N) is 1. The lowest BCUT2D eigenvalue weighted by molar-refractivity contribution is -0.121. The highest BCUT2D eigenvalue weighted by atomic mass is 19.1. The lowest BCUT2D eigenvalue weighted by atomic mass is 10.1. The van der Waals surface area contributed by atoms with Gasteiger partial charge in [-0.25, -0.2) is 8.78 Å². The highest BCUT2D eigenvalue weighted by molar-refractivity contribution is 5.98. The fourth-order valence-electron chi connectivity index (χ4n) is 2.28. The minimum atomic E-state index is -0.678. The summed E-state index contributed by atoms with van der Waals surface area (Å²) in [7, 11) is 0. The van der Waals surface area contributed by atoms with Crippen LogP contribution in [0, 0.1) is 11.6 Å². The van der Waals surface area contributed by atoms with E-state index in [0.717, 1.165) is 6.07 Å². The van der Waals surface area contributed by atoms with Gasteiger partial charge >= 0.3 is 0 Å². The fourth-order valence-corrected chi connectivity index (χ4v) is 2.28. The Balaban J connectivity index is 1.96. The maximum Gasteiger partial charge on any atom is 0.265 e. The Kier molecular flexibility index (Phi) is 3.21. The molecule has 1 aliphatic rings. The van der Waals surface area contributed by atoms with Crippen molar-refractivity contribution in [2.75, 3.05) is 17.2 Å². The zero-order valence-corrected chi connectivity index (χ0v) is 11.0. The molecule has 6 heteroatoms. The van der Waals surface area contributed by atoms with Crippen molar-refractivity contribution in [3.05, 3.63) is 53.6 Å². The summed E-state index contributed by atoms with van der Waals surface area (Å²) in [5.74, 6) is -1.16. The normalized spacial score (nSPS) is 13.8. The number of fused-ring (bicyclic) bond motifs is 1. The number of amides is 1. The maximum atomic E-state index is 13.2. The Morgan fingerprint density at radius 1 is 1.14 bits per heavy atom. The Bertz CT molecular complexity index is 699. The van der Waals surface area contributed by atoms with Crippen LogP contribution in [0.5, 0.6) is 5.75 Å². The van der Waals surface area contributed by atoms with E-state index in [4.69, 9.17) is 10.5 Å². The molecule has 1 amide bonds. The third-order valence-corrected chi connectivity index (χ3v) is 3.19. The summed E-state index contributed by atoms with van der Waals surface area (Å²) >= 11 is 0. The predicted octanol–water partition coefficient (Wildman–Crippen LogP) is 2.47. The molecule has 0 saturated carbocycles. The maximum absolute atomic E-state index is 13.2. The highest BCUT2D eigenvalue weighted by Crippen LogP contribution is 2.34. The van der Waals surface area contributed by atoms with Gasteiger partial charge < -0.3 is 15.4 Å². The van der Waals surface area contributed by atoms with Crippen molar-refractivity contribution in [2.45, 2.75) is 6.54 Å². The second-order valence-electron chi connectivity index (χ2n) is 4.77. The number of rotatable bonds is 2. The van der Waals surface area contributed by atoms with Gasteiger partial charge in [0.25, 0.3) is 5.91 Å². The molecule has 21 heavy (non-hydrogen) atoms. The molecule has 2 aromatic rings. The number of nitrogen functional groups attached to an aromatic ring is 1. The van der Waals surface area contributed by atoms with Crippen molar-refractivity contribution in [3.63, 3.8) is 0 Å². The van der Waals surface area contributed by atoms with Crippen LogP contribution in [-0.2, 0) is 11.3 Å². The molecule has 2 aromatic carbocycles. The highest BCUT2D eigenvalue weighted by Gasteiger charge is 2.25. The molecule has 2 N–H and O–H groups in total. The van der Waals surface area contributed by atoms with E-state index in [1.807, 2.05) is 0 Å². The Labute approximate surface area is 119 Å². The molecule has 4 nitrogen and oxygen atoms in total. The number of benzene rings is 2.